The third kappa shape index (κ3) is 3.25. The maximum Gasteiger partial charge on any atom is 0.136 e. The first-order chi connectivity index (χ1) is 8.69. The maximum absolute atomic E-state index is 6.15. The fourth-order valence-electron chi connectivity index (χ4n) is 1.42. The minimum atomic E-state index is 0.431. The first kappa shape index (κ1) is 12.9. The van der Waals surface area contributed by atoms with Gasteiger partial charge in [0.15, 0.2) is 0 Å². The number of halogens is 2. The van der Waals surface area contributed by atoms with Crippen LogP contribution < -0.4 is 4.74 Å². The summed E-state index contributed by atoms with van der Waals surface area (Å²) in [6.07, 6.45) is 0. The van der Waals surface area contributed by atoms with Crippen LogP contribution >= 0.6 is 23.2 Å². The van der Waals surface area contributed by atoms with Crippen LogP contribution in [0.2, 0.25) is 5.02 Å². The Kier molecular flexibility index (Phi) is 4.24. The fraction of sp³-hybridized carbons (Fsp3) is 0.0714. The highest BCUT2D eigenvalue weighted by atomic mass is 35.5. The molecule has 0 heterocycles. The minimum absolute atomic E-state index is 0.431. The Morgan fingerprint density at radius 3 is 2.17 bits per heavy atom. The molecule has 4 heteroatoms. The van der Waals surface area contributed by atoms with Crippen molar-refractivity contribution in [1.29, 1.82) is 0 Å². The van der Waals surface area contributed by atoms with Crippen molar-refractivity contribution in [3.63, 3.8) is 0 Å². The second kappa shape index (κ2) is 5.89. The van der Waals surface area contributed by atoms with Gasteiger partial charge < -0.3 is 4.74 Å². The minimum Gasteiger partial charge on any atom is -0.497 e. The summed E-state index contributed by atoms with van der Waals surface area (Å²) < 4.78 is 5.08. The van der Waals surface area contributed by atoms with Gasteiger partial charge >= 0.3 is 0 Å². The molecule has 0 aliphatic carbocycles. The van der Waals surface area contributed by atoms with Crippen LogP contribution in [0, 0.1) is 0 Å². The van der Waals surface area contributed by atoms with Crippen LogP contribution in [-0.2, 0) is 0 Å². The number of hydrogen-bond donors (Lipinski definition) is 0. The van der Waals surface area contributed by atoms with E-state index in [-0.39, 0.29) is 0 Å². The van der Waals surface area contributed by atoms with E-state index in [1.807, 2.05) is 36.4 Å². The third-order valence-electron chi connectivity index (χ3n) is 2.38. The number of ether oxygens (including phenoxy) is 1. The van der Waals surface area contributed by atoms with Gasteiger partial charge in [0.1, 0.15) is 10.9 Å². The van der Waals surface area contributed by atoms with E-state index in [0.29, 0.717) is 10.2 Å². The Balaban J connectivity index is 2.23. The maximum atomic E-state index is 6.15. The zero-order chi connectivity index (χ0) is 13.0. The summed E-state index contributed by atoms with van der Waals surface area (Å²) in [5.41, 5.74) is 1.60. The van der Waals surface area contributed by atoms with Crippen molar-refractivity contribution < 1.29 is 4.74 Å². The van der Waals surface area contributed by atoms with Crippen molar-refractivity contribution in [2.24, 2.45) is 4.99 Å². The number of nitrogens with zero attached hydrogens (tertiary/aromatic N) is 1. The molecule has 2 aromatic rings. The number of aliphatic imine (C=N–C) groups is 1. The molecule has 18 heavy (non-hydrogen) atoms. The van der Waals surface area contributed by atoms with E-state index < -0.39 is 0 Å². The highest BCUT2D eigenvalue weighted by Crippen LogP contribution is 2.20. The molecule has 0 spiro atoms. The lowest BCUT2D eigenvalue weighted by atomic mass is 10.2. The Morgan fingerprint density at radius 2 is 1.61 bits per heavy atom. The number of hydrogen-bond acceptors (Lipinski definition) is 2. The predicted molar refractivity (Wildman–Crippen MR) is 76.5 cm³/mol. The fourth-order valence-corrected chi connectivity index (χ4v) is 1.77. The predicted octanol–water partition coefficient (Wildman–Crippen LogP) is 4.67. The zero-order valence-corrected chi connectivity index (χ0v) is 11.2. The van der Waals surface area contributed by atoms with Crippen LogP contribution in [0.25, 0.3) is 0 Å². The lowest BCUT2D eigenvalue weighted by Gasteiger charge is -2.02. The van der Waals surface area contributed by atoms with Crippen LogP contribution in [0.3, 0.4) is 0 Å². The Labute approximate surface area is 116 Å². The van der Waals surface area contributed by atoms with Gasteiger partial charge in [-0.05, 0) is 48.5 Å². The molecule has 0 aromatic heterocycles. The van der Waals surface area contributed by atoms with Crippen molar-refractivity contribution in [1.82, 2.24) is 0 Å². The average Bonchev–Trinajstić information content (AvgIpc) is 2.41. The lowest BCUT2D eigenvalue weighted by Crippen LogP contribution is -1.91. The molecule has 0 radical (unpaired) electrons. The van der Waals surface area contributed by atoms with Crippen LogP contribution in [0.4, 0.5) is 5.69 Å². The van der Waals surface area contributed by atoms with E-state index in [2.05, 4.69) is 4.99 Å². The van der Waals surface area contributed by atoms with Crippen molar-refractivity contribution in [3.05, 3.63) is 59.1 Å². The monoisotopic (exact) mass is 279 g/mol. The number of rotatable bonds is 3. The molecule has 2 aromatic carbocycles. The molecule has 0 fully saturated rings. The highest BCUT2D eigenvalue weighted by molar-refractivity contribution is 6.69. The molecular weight excluding hydrogens is 269 g/mol. The van der Waals surface area contributed by atoms with Crippen molar-refractivity contribution >= 4 is 34.1 Å². The van der Waals surface area contributed by atoms with E-state index in [4.69, 9.17) is 27.9 Å². The Hall–Kier alpha value is -1.51. The summed E-state index contributed by atoms with van der Waals surface area (Å²) in [6, 6.07) is 14.6. The third-order valence-corrected chi connectivity index (χ3v) is 2.94. The zero-order valence-electron chi connectivity index (χ0n) is 9.73. The molecular formula is C14H11Cl2NO. The molecule has 2 rings (SSSR count). The summed E-state index contributed by atoms with van der Waals surface area (Å²) in [5, 5.41) is 1.11. The smallest absolute Gasteiger partial charge is 0.136 e. The largest absolute Gasteiger partial charge is 0.497 e. The van der Waals surface area contributed by atoms with E-state index in [1.54, 1.807) is 19.2 Å². The normalized spacial score (nSPS) is 11.4. The summed E-state index contributed by atoms with van der Waals surface area (Å²) in [5.74, 6) is 0.787. The van der Waals surface area contributed by atoms with Gasteiger partial charge in [-0.25, -0.2) is 4.99 Å². The van der Waals surface area contributed by atoms with Crippen LogP contribution in [-0.4, -0.2) is 12.3 Å². The molecule has 0 aliphatic rings. The molecule has 0 atom stereocenters. The van der Waals surface area contributed by atoms with Gasteiger partial charge in [0, 0.05) is 10.6 Å². The molecule has 0 N–H and O–H groups in total. The first-order valence-corrected chi connectivity index (χ1v) is 6.09. The van der Waals surface area contributed by atoms with Gasteiger partial charge in [-0.2, -0.15) is 0 Å². The first-order valence-electron chi connectivity index (χ1n) is 5.33. The standard InChI is InChI=1S/C14H11Cl2NO/c1-18-13-8-2-10(3-9-13)14(16)17-12-6-4-11(15)5-7-12/h2-9H,1H3. The molecule has 2 nitrogen and oxygen atoms in total. The van der Waals surface area contributed by atoms with E-state index >= 15 is 0 Å². The molecule has 0 saturated heterocycles. The van der Waals surface area contributed by atoms with E-state index in [9.17, 15) is 0 Å². The van der Waals surface area contributed by atoms with Crippen LogP contribution in [0.1, 0.15) is 5.56 Å². The lowest BCUT2D eigenvalue weighted by molar-refractivity contribution is 0.415. The SMILES string of the molecule is COc1ccc(C(Cl)=Nc2ccc(Cl)cc2)cc1. The van der Waals surface area contributed by atoms with Crippen LogP contribution in [0.5, 0.6) is 5.75 Å². The van der Waals surface area contributed by atoms with Crippen LogP contribution in [0.15, 0.2) is 53.5 Å². The molecule has 0 saturated carbocycles. The summed E-state index contributed by atoms with van der Waals surface area (Å²) in [4.78, 5) is 4.31. The van der Waals surface area contributed by atoms with E-state index in [0.717, 1.165) is 17.0 Å². The number of methoxy groups -OCH3 is 1. The molecule has 0 bridgehead atoms. The van der Waals surface area contributed by atoms with E-state index in [1.165, 1.54) is 0 Å². The molecule has 0 aliphatic heterocycles. The second-order valence-electron chi connectivity index (χ2n) is 3.61. The summed E-state index contributed by atoms with van der Waals surface area (Å²) in [6.45, 7) is 0. The van der Waals surface area contributed by atoms with Gasteiger partial charge in [-0.15, -0.1) is 0 Å². The topological polar surface area (TPSA) is 21.6 Å². The number of benzene rings is 2. The average molecular weight is 280 g/mol. The summed E-state index contributed by atoms with van der Waals surface area (Å²) in [7, 11) is 1.62. The summed E-state index contributed by atoms with van der Waals surface area (Å²) >= 11 is 12.0. The molecule has 0 unspecified atom stereocenters. The van der Waals surface area contributed by atoms with Gasteiger partial charge in [0.2, 0.25) is 0 Å². The highest BCUT2D eigenvalue weighted by Gasteiger charge is 2.01. The quantitative estimate of drug-likeness (QED) is 0.749. The van der Waals surface area contributed by atoms with Crippen molar-refractivity contribution in [3.8, 4) is 5.75 Å². The molecule has 92 valence electrons. The van der Waals surface area contributed by atoms with Crippen molar-refractivity contribution in [2.45, 2.75) is 0 Å². The Morgan fingerprint density at radius 1 is 1.00 bits per heavy atom. The van der Waals surface area contributed by atoms with Gasteiger partial charge in [0.25, 0.3) is 0 Å². The van der Waals surface area contributed by atoms with Crippen molar-refractivity contribution in [2.75, 3.05) is 7.11 Å². The molecule has 0 amide bonds. The second-order valence-corrected chi connectivity index (χ2v) is 4.40. The van der Waals surface area contributed by atoms with Gasteiger partial charge in [0.05, 0.1) is 12.8 Å². The van der Waals surface area contributed by atoms with Gasteiger partial charge in [-0.3, -0.25) is 0 Å². The van der Waals surface area contributed by atoms with Gasteiger partial charge in [-0.1, -0.05) is 23.2 Å². The Bertz CT molecular complexity index is 547.